The first-order valence-electron chi connectivity index (χ1n) is 5.61. The van der Waals surface area contributed by atoms with Crippen molar-refractivity contribution in [2.45, 2.75) is 4.90 Å². The number of nitrogens with zero attached hydrogens (tertiary/aromatic N) is 1. The molecule has 2 aromatic rings. The number of nitrogen functional groups attached to an aromatic ring is 2. The Bertz CT molecular complexity index is 833. The van der Waals surface area contributed by atoms with Gasteiger partial charge in [-0.15, -0.1) is 0 Å². The molecule has 2 aromatic carbocycles. The predicted octanol–water partition coefficient (Wildman–Crippen LogP) is 1.67. The van der Waals surface area contributed by atoms with Crippen molar-refractivity contribution in [2.75, 3.05) is 11.5 Å². The van der Waals surface area contributed by atoms with Crippen molar-refractivity contribution < 1.29 is 17.9 Å². The third kappa shape index (κ3) is 2.93. The van der Waals surface area contributed by atoms with Crippen molar-refractivity contribution in [2.24, 2.45) is 0 Å². The van der Waals surface area contributed by atoms with Gasteiger partial charge >= 0.3 is 0 Å². The highest BCUT2D eigenvalue weighted by Gasteiger charge is 2.22. The number of hydrogen-bond acceptors (Lipinski definition) is 6. The second kappa shape index (κ2) is 5.04. The van der Waals surface area contributed by atoms with E-state index in [1.54, 1.807) is 0 Å². The lowest BCUT2D eigenvalue weighted by molar-refractivity contribution is -0.385. The largest absolute Gasteiger partial charge is 0.399 e. The van der Waals surface area contributed by atoms with E-state index < -0.39 is 25.6 Å². The Morgan fingerprint density at radius 1 is 1.05 bits per heavy atom. The van der Waals surface area contributed by atoms with E-state index in [9.17, 15) is 23.1 Å². The van der Waals surface area contributed by atoms with Crippen molar-refractivity contribution >= 4 is 27.2 Å². The van der Waals surface area contributed by atoms with Gasteiger partial charge in [-0.2, -0.15) is 8.42 Å². The molecule has 0 aliphatic heterocycles. The van der Waals surface area contributed by atoms with Gasteiger partial charge in [-0.05, 0) is 24.3 Å². The van der Waals surface area contributed by atoms with Gasteiger partial charge in [0.05, 0.1) is 4.92 Å². The molecule has 9 heteroatoms. The van der Waals surface area contributed by atoms with Crippen LogP contribution >= 0.6 is 0 Å². The summed E-state index contributed by atoms with van der Waals surface area (Å²) in [6.45, 7) is 0. The molecule has 0 aliphatic carbocycles. The Hall–Kier alpha value is -2.65. The van der Waals surface area contributed by atoms with Gasteiger partial charge in [-0.25, -0.2) is 0 Å². The van der Waals surface area contributed by atoms with Crippen LogP contribution in [0.1, 0.15) is 0 Å². The SMILES string of the molecule is Nc1ccc(N)c(-c2ccc([N+](=O)[O-])cc2S(=O)(=O)O)c1. The molecule has 8 nitrogen and oxygen atoms in total. The number of hydrogen-bond donors (Lipinski definition) is 3. The Labute approximate surface area is 119 Å². The van der Waals surface area contributed by atoms with E-state index in [2.05, 4.69) is 0 Å². The molecule has 2 rings (SSSR count). The van der Waals surface area contributed by atoms with Crippen LogP contribution in [-0.2, 0) is 10.1 Å². The van der Waals surface area contributed by atoms with Gasteiger partial charge in [-0.1, -0.05) is 0 Å². The van der Waals surface area contributed by atoms with Crippen LogP contribution in [0.3, 0.4) is 0 Å². The molecule has 0 radical (unpaired) electrons. The lowest BCUT2D eigenvalue weighted by Crippen LogP contribution is -2.03. The molecule has 0 unspecified atom stereocenters. The fourth-order valence-corrected chi connectivity index (χ4v) is 2.59. The smallest absolute Gasteiger partial charge is 0.295 e. The van der Waals surface area contributed by atoms with Gasteiger partial charge in [0, 0.05) is 34.6 Å². The molecule has 0 aliphatic rings. The summed E-state index contributed by atoms with van der Waals surface area (Å²) in [7, 11) is -4.67. The first-order chi connectivity index (χ1) is 9.70. The quantitative estimate of drug-likeness (QED) is 0.338. The average molecular weight is 309 g/mol. The van der Waals surface area contributed by atoms with Crippen LogP contribution in [0.25, 0.3) is 11.1 Å². The van der Waals surface area contributed by atoms with Crippen LogP contribution in [0.5, 0.6) is 0 Å². The van der Waals surface area contributed by atoms with Crippen LogP contribution in [0.15, 0.2) is 41.3 Å². The normalized spacial score (nSPS) is 11.3. The Morgan fingerprint density at radius 3 is 2.29 bits per heavy atom. The predicted molar refractivity (Wildman–Crippen MR) is 77.2 cm³/mol. The van der Waals surface area contributed by atoms with Gasteiger partial charge in [0.15, 0.2) is 0 Å². The Morgan fingerprint density at radius 2 is 1.71 bits per heavy atom. The van der Waals surface area contributed by atoms with Crippen LogP contribution in [0.4, 0.5) is 17.1 Å². The summed E-state index contributed by atoms with van der Waals surface area (Å²) >= 11 is 0. The average Bonchev–Trinajstić information content (AvgIpc) is 2.40. The van der Waals surface area contributed by atoms with Crippen LogP contribution < -0.4 is 11.5 Å². The molecule has 0 bridgehead atoms. The molecule has 110 valence electrons. The standard InChI is InChI=1S/C12H11N3O5S/c13-7-1-4-11(14)10(5-7)9-3-2-8(15(16)17)6-12(9)21(18,19)20/h1-6H,13-14H2,(H,18,19,20). The third-order valence-electron chi connectivity index (χ3n) is 2.82. The second-order valence-electron chi connectivity index (χ2n) is 4.26. The number of benzene rings is 2. The van der Waals surface area contributed by atoms with Crippen molar-refractivity contribution in [3.05, 3.63) is 46.5 Å². The highest BCUT2D eigenvalue weighted by atomic mass is 32.2. The highest BCUT2D eigenvalue weighted by Crippen LogP contribution is 2.35. The maximum absolute atomic E-state index is 11.5. The molecule has 0 amide bonds. The summed E-state index contributed by atoms with van der Waals surface area (Å²) in [6, 6.07) is 7.51. The summed E-state index contributed by atoms with van der Waals surface area (Å²) in [5.41, 5.74) is 11.8. The molecule has 0 atom stereocenters. The molecular formula is C12H11N3O5S. The second-order valence-corrected chi connectivity index (χ2v) is 5.65. The van der Waals surface area contributed by atoms with E-state index >= 15 is 0 Å². The number of nitro groups is 1. The van der Waals surface area contributed by atoms with Crippen molar-refractivity contribution in [3.63, 3.8) is 0 Å². The topological polar surface area (TPSA) is 150 Å². The number of rotatable bonds is 3. The number of anilines is 2. The van der Waals surface area contributed by atoms with Gasteiger partial charge in [0.25, 0.3) is 15.8 Å². The van der Waals surface area contributed by atoms with E-state index in [0.29, 0.717) is 5.69 Å². The van der Waals surface area contributed by atoms with E-state index in [1.807, 2.05) is 0 Å². The summed E-state index contributed by atoms with van der Waals surface area (Å²) in [5.74, 6) is 0. The molecule has 5 N–H and O–H groups in total. The van der Waals surface area contributed by atoms with Gasteiger partial charge in [-0.3, -0.25) is 14.7 Å². The van der Waals surface area contributed by atoms with Crippen molar-refractivity contribution in [3.8, 4) is 11.1 Å². The number of nitro benzene ring substituents is 1. The van der Waals surface area contributed by atoms with Gasteiger partial charge < -0.3 is 11.5 Å². The first-order valence-corrected chi connectivity index (χ1v) is 7.05. The summed E-state index contributed by atoms with van der Waals surface area (Å²) < 4.78 is 32.2. The van der Waals surface area contributed by atoms with Crippen LogP contribution in [0, 0.1) is 10.1 Å². The summed E-state index contributed by atoms with van der Waals surface area (Å²) in [5, 5.41) is 10.7. The van der Waals surface area contributed by atoms with E-state index in [4.69, 9.17) is 11.5 Å². The minimum atomic E-state index is -4.67. The van der Waals surface area contributed by atoms with E-state index in [1.165, 1.54) is 24.3 Å². The molecule has 21 heavy (non-hydrogen) atoms. The van der Waals surface area contributed by atoms with Crippen LogP contribution in [-0.4, -0.2) is 17.9 Å². The highest BCUT2D eigenvalue weighted by molar-refractivity contribution is 7.86. The monoisotopic (exact) mass is 309 g/mol. The Balaban J connectivity index is 2.80. The summed E-state index contributed by atoms with van der Waals surface area (Å²) in [6.07, 6.45) is 0. The van der Waals surface area contributed by atoms with Crippen molar-refractivity contribution in [1.29, 1.82) is 0 Å². The van der Waals surface area contributed by atoms with Crippen LogP contribution in [0.2, 0.25) is 0 Å². The van der Waals surface area contributed by atoms with Crippen molar-refractivity contribution in [1.82, 2.24) is 0 Å². The zero-order chi connectivity index (χ0) is 15.8. The van der Waals surface area contributed by atoms with Gasteiger partial charge in [0.2, 0.25) is 0 Å². The molecular weight excluding hydrogens is 298 g/mol. The Kier molecular flexibility index (Phi) is 3.54. The minimum absolute atomic E-state index is 0.0351. The molecule has 0 aromatic heterocycles. The number of non-ortho nitro benzene ring substituents is 1. The lowest BCUT2D eigenvalue weighted by Gasteiger charge is -2.10. The maximum Gasteiger partial charge on any atom is 0.295 e. The third-order valence-corrected chi connectivity index (χ3v) is 3.72. The van der Waals surface area contributed by atoms with E-state index in [0.717, 1.165) is 12.1 Å². The molecule has 0 saturated heterocycles. The molecule has 0 heterocycles. The fraction of sp³-hybridized carbons (Fsp3) is 0. The molecule has 0 spiro atoms. The fourth-order valence-electron chi connectivity index (χ4n) is 1.87. The summed E-state index contributed by atoms with van der Waals surface area (Å²) in [4.78, 5) is 9.37. The molecule has 0 fully saturated rings. The van der Waals surface area contributed by atoms with Gasteiger partial charge in [0.1, 0.15) is 4.90 Å². The zero-order valence-corrected chi connectivity index (χ0v) is 11.4. The minimum Gasteiger partial charge on any atom is -0.399 e. The first kappa shape index (κ1) is 14.8. The zero-order valence-electron chi connectivity index (χ0n) is 10.6. The molecule has 0 saturated carbocycles. The van der Waals surface area contributed by atoms with E-state index in [-0.39, 0.29) is 16.8 Å². The lowest BCUT2D eigenvalue weighted by atomic mass is 10.0. The number of nitrogens with two attached hydrogens (primary N) is 2. The maximum atomic E-state index is 11.5.